The van der Waals surface area contributed by atoms with Gasteiger partial charge in [0.05, 0.1) is 6.42 Å². The van der Waals surface area contributed by atoms with Gasteiger partial charge in [0.15, 0.2) is 0 Å². The van der Waals surface area contributed by atoms with Crippen LogP contribution in [0.2, 0.25) is 0 Å². The van der Waals surface area contributed by atoms with Crippen molar-refractivity contribution in [2.45, 2.75) is 51.4 Å². The predicted octanol–water partition coefficient (Wildman–Crippen LogP) is 4.96. The van der Waals surface area contributed by atoms with Gasteiger partial charge in [0.25, 0.3) is 0 Å². The molecule has 3 atom stereocenters. The molecule has 1 N–H and O–H groups in total. The molecule has 24 heavy (non-hydrogen) atoms. The number of hydrogen-bond donors (Lipinski definition) is 1. The molecule has 124 valence electrons. The van der Waals surface area contributed by atoms with Crippen molar-refractivity contribution >= 4 is 5.97 Å². The van der Waals surface area contributed by atoms with E-state index in [1.54, 1.807) is 0 Å². The average molecular weight is 320 g/mol. The second kappa shape index (κ2) is 5.77. The van der Waals surface area contributed by atoms with E-state index in [-0.39, 0.29) is 12.3 Å². The van der Waals surface area contributed by atoms with Crippen LogP contribution in [0.15, 0.2) is 36.4 Å². The van der Waals surface area contributed by atoms with E-state index in [1.807, 2.05) is 0 Å². The highest BCUT2D eigenvalue weighted by Gasteiger charge is 2.40. The summed E-state index contributed by atoms with van der Waals surface area (Å²) >= 11 is 0. The van der Waals surface area contributed by atoms with Crippen LogP contribution in [0.1, 0.15) is 64.5 Å². The summed E-state index contributed by atoms with van der Waals surface area (Å²) in [5.41, 5.74) is 8.38. The van der Waals surface area contributed by atoms with Crippen LogP contribution >= 0.6 is 0 Å². The van der Waals surface area contributed by atoms with Gasteiger partial charge in [-0.15, -0.1) is 0 Å². The predicted molar refractivity (Wildman–Crippen MR) is 95.6 cm³/mol. The fourth-order valence-electron chi connectivity index (χ4n) is 5.16. The number of carboxylic acids is 1. The van der Waals surface area contributed by atoms with Crippen LogP contribution < -0.4 is 0 Å². The van der Waals surface area contributed by atoms with E-state index < -0.39 is 5.97 Å². The molecule has 0 spiro atoms. The van der Waals surface area contributed by atoms with Gasteiger partial charge in [0, 0.05) is 5.92 Å². The van der Waals surface area contributed by atoms with E-state index in [0.717, 1.165) is 12.8 Å². The number of carboxylic acid groups (broad SMARTS) is 1. The normalized spacial score (nSPS) is 24.7. The number of carbonyl (C=O) groups is 1. The summed E-state index contributed by atoms with van der Waals surface area (Å²) in [6.45, 7) is 4.41. The Kier molecular flexibility index (Phi) is 3.71. The summed E-state index contributed by atoms with van der Waals surface area (Å²) in [6, 6.07) is 13.1. The minimum atomic E-state index is -0.682. The lowest BCUT2D eigenvalue weighted by atomic mass is 9.61. The Bertz CT molecular complexity index is 806. The molecular weight excluding hydrogens is 296 g/mol. The first-order valence-electron chi connectivity index (χ1n) is 8.96. The van der Waals surface area contributed by atoms with Crippen molar-refractivity contribution in [1.29, 1.82) is 0 Å². The summed E-state index contributed by atoms with van der Waals surface area (Å²) < 4.78 is 0. The third-order valence-electron chi connectivity index (χ3n) is 6.10. The average Bonchev–Trinajstić information content (AvgIpc) is 2.54. The fourth-order valence-corrected chi connectivity index (χ4v) is 5.16. The van der Waals surface area contributed by atoms with Crippen molar-refractivity contribution in [3.63, 3.8) is 0 Å². The Labute approximate surface area is 143 Å². The number of hydrogen-bond acceptors (Lipinski definition) is 1. The molecule has 0 radical (unpaired) electrons. The molecule has 2 aromatic rings. The highest BCUT2D eigenvalue weighted by molar-refractivity contribution is 5.68. The Morgan fingerprint density at radius 1 is 1.08 bits per heavy atom. The molecule has 2 aromatic carbocycles. The number of benzene rings is 2. The molecule has 0 aromatic heterocycles. The first-order chi connectivity index (χ1) is 11.6. The van der Waals surface area contributed by atoms with Crippen LogP contribution in [0.4, 0.5) is 0 Å². The van der Waals surface area contributed by atoms with Gasteiger partial charge in [0.2, 0.25) is 0 Å². The van der Waals surface area contributed by atoms with Gasteiger partial charge in [-0.1, -0.05) is 36.4 Å². The van der Waals surface area contributed by atoms with Crippen LogP contribution in [0.25, 0.3) is 0 Å². The van der Waals surface area contributed by atoms with Gasteiger partial charge in [-0.2, -0.15) is 0 Å². The van der Waals surface area contributed by atoms with Crippen molar-refractivity contribution in [2.24, 2.45) is 5.92 Å². The van der Waals surface area contributed by atoms with E-state index in [2.05, 4.69) is 50.2 Å². The zero-order valence-electron chi connectivity index (χ0n) is 14.4. The van der Waals surface area contributed by atoms with Gasteiger partial charge in [-0.3, -0.25) is 4.79 Å². The molecule has 3 unspecified atom stereocenters. The van der Waals surface area contributed by atoms with Crippen molar-refractivity contribution in [1.82, 2.24) is 0 Å². The largest absolute Gasteiger partial charge is 0.481 e. The molecule has 2 nitrogen and oxygen atoms in total. The molecule has 2 heteroatoms. The van der Waals surface area contributed by atoms with Gasteiger partial charge in [0.1, 0.15) is 0 Å². The standard InChI is InChI=1S/C22H24O2/c1-13-5-3-7-15-9-10-16-11-17(12-19(23)24)18-8-4-6-14(2)21(18)22(16)20(13)15/h3-8,16-17,22H,9-12H2,1-2H3,(H,23,24). The lowest BCUT2D eigenvalue weighted by Crippen LogP contribution is -2.31. The highest BCUT2D eigenvalue weighted by atomic mass is 16.4. The highest BCUT2D eigenvalue weighted by Crippen LogP contribution is 2.53. The van der Waals surface area contributed by atoms with Gasteiger partial charge < -0.3 is 5.11 Å². The molecule has 2 aliphatic rings. The summed E-state index contributed by atoms with van der Waals surface area (Å²) in [4.78, 5) is 11.4. The molecule has 0 saturated carbocycles. The minimum absolute atomic E-state index is 0.157. The van der Waals surface area contributed by atoms with Gasteiger partial charge >= 0.3 is 5.97 Å². The molecule has 0 amide bonds. The summed E-state index contributed by atoms with van der Waals surface area (Å²) in [5, 5.41) is 9.36. The summed E-state index contributed by atoms with van der Waals surface area (Å²) in [7, 11) is 0. The SMILES string of the molecule is Cc1cccc2c1C1c3c(C)cccc3C(CC(=O)O)CC1CC2. The molecule has 0 aliphatic heterocycles. The Morgan fingerprint density at radius 3 is 2.54 bits per heavy atom. The molecule has 0 fully saturated rings. The number of rotatable bonds is 2. The van der Waals surface area contributed by atoms with Crippen LogP contribution in [0.3, 0.4) is 0 Å². The third kappa shape index (κ3) is 2.36. The first kappa shape index (κ1) is 15.4. The van der Waals surface area contributed by atoms with Crippen LogP contribution in [-0.2, 0) is 11.2 Å². The fraction of sp³-hybridized carbons (Fsp3) is 0.409. The number of fused-ring (bicyclic) bond motifs is 5. The zero-order chi connectivity index (χ0) is 16.8. The summed E-state index contributed by atoms with van der Waals surface area (Å²) in [6.07, 6.45) is 3.55. The molecule has 0 heterocycles. The van der Waals surface area contributed by atoms with E-state index >= 15 is 0 Å². The topological polar surface area (TPSA) is 37.3 Å². The van der Waals surface area contributed by atoms with Crippen LogP contribution in [-0.4, -0.2) is 11.1 Å². The Balaban J connectivity index is 1.92. The first-order valence-corrected chi connectivity index (χ1v) is 8.96. The summed E-state index contributed by atoms with van der Waals surface area (Å²) in [5.74, 6) is 0.482. The lowest BCUT2D eigenvalue weighted by Gasteiger charge is -2.43. The van der Waals surface area contributed by atoms with Crippen molar-refractivity contribution < 1.29 is 9.90 Å². The second-order valence-electron chi connectivity index (χ2n) is 7.53. The van der Waals surface area contributed by atoms with Crippen molar-refractivity contribution in [2.75, 3.05) is 0 Å². The molecule has 0 bridgehead atoms. The maximum absolute atomic E-state index is 11.4. The van der Waals surface area contributed by atoms with Gasteiger partial charge in [-0.25, -0.2) is 0 Å². The van der Waals surface area contributed by atoms with E-state index in [9.17, 15) is 9.90 Å². The molecule has 0 saturated heterocycles. The third-order valence-corrected chi connectivity index (χ3v) is 6.10. The smallest absolute Gasteiger partial charge is 0.303 e. The van der Waals surface area contributed by atoms with Gasteiger partial charge in [-0.05, 0) is 78.3 Å². The Morgan fingerprint density at radius 2 is 1.79 bits per heavy atom. The number of aliphatic carboxylic acids is 1. The van der Waals surface area contributed by atoms with E-state index in [0.29, 0.717) is 11.8 Å². The second-order valence-corrected chi connectivity index (χ2v) is 7.53. The van der Waals surface area contributed by atoms with E-state index in [1.165, 1.54) is 39.8 Å². The van der Waals surface area contributed by atoms with E-state index in [4.69, 9.17) is 0 Å². The minimum Gasteiger partial charge on any atom is -0.481 e. The molecular formula is C22H24O2. The van der Waals surface area contributed by atoms with Crippen molar-refractivity contribution in [3.05, 3.63) is 69.8 Å². The lowest BCUT2D eigenvalue weighted by molar-refractivity contribution is -0.137. The molecule has 2 aliphatic carbocycles. The zero-order valence-corrected chi connectivity index (χ0v) is 14.4. The Hall–Kier alpha value is -2.09. The maximum atomic E-state index is 11.4. The molecule has 4 rings (SSSR count). The van der Waals surface area contributed by atoms with Crippen LogP contribution in [0, 0.1) is 19.8 Å². The van der Waals surface area contributed by atoms with Crippen molar-refractivity contribution in [3.8, 4) is 0 Å². The number of aryl methyl sites for hydroxylation is 3. The monoisotopic (exact) mass is 320 g/mol. The maximum Gasteiger partial charge on any atom is 0.303 e. The quantitative estimate of drug-likeness (QED) is 0.849. The van der Waals surface area contributed by atoms with Crippen LogP contribution in [0.5, 0.6) is 0 Å².